The van der Waals surface area contributed by atoms with E-state index in [9.17, 15) is 24.8 Å². The number of carbonyl (C=O) groups is 3. The lowest BCUT2D eigenvalue weighted by atomic mass is 9.71. The van der Waals surface area contributed by atoms with Gasteiger partial charge in [-0.2, -0.15) is 5.26 Å². The highest BCUT2D eigenvalue weighted by Crippen LogP contribution is 2.63. The number of ketones is 1. The second-order valence-corrected chi connectivity index (χ2v) is 12.9. The number of phenolic OH excluding ortho intramolecular Hbond substituents is 1. The maximum absolute atomic E-state index is 12.9. The third-order valence-electron chi connectivity index (χ3n) is 9.54. The van der Waals surface area contributed by atoms with Crippen molar-refractivity contribution >= 4 is 29.5 Å². The molecule has 6 atom stereocenters. The molecule has 2 aromatic carbocycles. The second kappa shape index (κ2) is 10.3. The maximum Gasteiger partial charge on any atom is 0.375 e. The van der Waals surface area contributed by atoms with Crippen molar-refractivity contribution in [3.05, 3.63) is 39.4 Å². The Balaban J connectivity index is 1.57. The van der Waals surface area contributed by atoms with E-state index in [4.69, 9.17) is 23.7 Å². The zero-order valence-corrected chi connectivity index (χ0v) is 25.6. The smallest absolute Gasteiger partial charge is 0.375 e. The summed E-state index contributed by atoms with van der Waals surface area (Å²) >= 11 is 1.22. The number of nitriles is 1. The first-order valence-corrected chi connectivity index (χ1v) is 15.4. The van der Waals surface area contributed by atoms with Crippen molar-refractivity contribution in [1.29, 1.82) is 5.26 Å². The molecule has 230 valence electrons. The van der Waals surface area contributed by atoms with Crippen LogP contribution in [-0.4, -0.2) is 84.1 Å². The van der Waals surface area contributed by atoms with Crippen molar-refractivity contribution < 1.29 is 43.2 Å². The summed E-state index contributed by atoms with van der Waals surface area (Å²) < 4.78 is 29.0. The van der Waals surface area contributed by atoms with E-state index >= 15 is 0 Å². The number of hydrogen-bond donors (Lipinski definition) is 1. The number of carbonyl (C=O) groups excluding carboxylic acids is 3. The van der Waals surface area contributed by atoms with Crippen LogP contribution in [0.2, 0.25) is 0 Å². The molecular weight excluding hydrogens is 590 g/mol. The topological polar surface area (TPSA) is 148 Å². The first-order chi connectivity index (χ1) is 21.1. The number of Topliss-reactive ketones (excluding diaryl/α,β-unsaturated/α-hetero) is 1. The average molecular weight is 622 g/mol. The highest BCUT2D eigenvalue weighted by molar-refractivity contribution is 8.00. The third kappa shape index (κ3) is 3.87. The second-order valence-electron chi connectivity index (χ2n) is 11.8. The lowest BCUT2D eigenvalue weighted by molar-refractivity contribution is -0.157. The van der Waals surface area contributed by atoms with Gasteiger partial charge in [0.2, 0.25) is 12.6 Å². The molecule has 0 radical (unpaired) electrons. The van der Waals surface area contributed by atoms with Gasteiger partial charge in [0, 0.05) is 41.3 Å². The lowest BCUT2D eigenvalue weighted by Crippen LogP contribution is -2.69. The molecule has 5 aliphatic rings. The molecular formula is C31H31N3O9S. The van der Waals surface area contributed by atoms with E-state index in [2.05, 4.69) is 15.9 Å². The number of likely N-dealkylation sites (N-methyl/N-ethyl adjacent to an activating group) is 1. The summed E-state index contributed by atoms with van der Waals surface area (Å²) in [5, 5.41) is 21.9. The van der Waals surface area contributed by atoms with E-state index in [1.165, 1.54) is 25.8 Å². The van der Waals surface area contributed by atoms with Crippen molar-refractivity contribution in [1.82, 2.24) is 9.80 Å². The number of aryl methyl sites for hydroxylation is 1. The van der Waals surface area contributed by atoms with Gasteiger partial charge in [0.25, 0.3) is 0 Å². The van der Waals surface area contributed by atoms with Gasteiger partial charge in [0.1, 0.15) is 18.4 Å². The van der Waals surface area contributed by atoms with Gasteiger partial charge < -0.3 is 28.8 Å². The van der Waals surface area contributed by atoms with Gasteiger partial charge in [-0.05, 0) is 38.4 Å². The lowest BCUT2D eigenvalue weighted by Gasteiger charge is -2.61. The van der Waals surface area contributed by atoms with Crippen molar-refractivity contribution in [3.63, 3.8) is 0 Å². The minimum absolute atomic E-state index is 0.0240. The maximum atomic E-state index is 12.9. The summed E-state index contributed by atoms with van der Waals surface area (Å²) in [4.78, 5) is 42.3. The molecule has 0 saturated carbocycles. The molecule has 4 bridgehead atoms. The van der Waals surface area contributed by atoms with Crippen LogP contribution < -0.4 is 18.9 Å². The summed E-state index contributed by atoms with van der Waals surface area (Å²) in [5.41, 5.74) is 4.16. The number of methoxy groups -OCH3 is 1. The van der Waals surface area contributed by atoms with E-state index in [0.29, 0.717) is 51.7 Å². The van der Waals surface area contributed by atoms with Gasteiger partial charge in [-0.25, -0.2) is 4.79 Å². The van der Waals surface area contributed by atoms with E-state index in [1.807, 2.05) is 20.0 Å². The van der Waals surface area contributed by atoms with Crippen LogP contribution in [0.4, 0.5) is 0 Å². The first kappa shape index (κ1) is 28.8. The number of esters is 2. The van der Waals surface area contributed by atoms with Crippen LogP contribution in [0.5, 0.6) is 28.7 Å². The van der Waals surface area contributed by atoms with Crippen LogP contribution in [0, 0.1) is 25.2 Å². The van der Waals surface area contributed by atoms with Crippen molar-refractivity contribution in [3.8, 4) is 34.8 Å². The molecule has 0 amide bonds. The average Bonchev–Trinajstić information content (AvgIpc) is 3.47. The Labute approximate surface area is 257 Å². The number of aromatic hydroxyl groups is 1. The van der Waals surface area contributed by atoms with E-state index < -0.39 is 47.1 Å². The molecule has 0 aromatic heterocycles. The largest absolute Gasteiger partial charge is 0.504 e. The van der Waals surface area contributed by atoms with Crippen LogP contribution in [0.1, 0.15) is 57.6 Å². The van der Waals surface area contributed by atoms with Crippen LogP contribution in [-0.2, 0) is 25.5 Å². The summed E-state index contributed by atoms with van der Waals surface area (Å²) in [6.45, 7) is 4.65. The summed E-state index contributed by atoms with van der Waals surface area (Å²) in [6.07, 6.45) is 0.488. The minimum Gasteiger partial charge on any atom is -0.504 e. The Hall–Kier alpha value is -3.99. The Bertz CT molecular complexity index is 1690. The standard InChI is InChI=1S/C31H31N3O9S/c1-12-6-15-7-16-17(8-32)34-18-9-40-31(38)19(36)10-44-30(24(34)23(33(16)4)20(15)25(37)26(12)39-5)22-21(18)29-28(41-11-42-29)13(2)27(22)43-14(3)35/h6,16-18,23-24,30,37H,7,9-11H2,1-5H3/t16-,17?,18+,23+,24?,30-/m1/s1. The monoisotopic (exact) mass is 621 g/mol. The fourth-order valence-electron chi connectivity index (χ4n) is 7.90. The highest BCUT2D eigenvalue weighted by Gasteiger charge is 2.60. The van der Waals surface area contributed by atoms with Gasteiger partial charge in [-0.1, -0.05) is 6.07 Å². The number of hydrogen-bond acceptors (Lipinski definition) is 13. The molecule has 13 heteroatoms. The quantitative estimate of drug-likeness (QED) is 0.298. The zero-order chi connectivity index (χ0) is 31.2. The SMILES string of the molecule is COc1c(C)cc2c(c1O)[C@H]1C3[C@@H]4SCC(=O)C(=O)OC[C@@H](c5c6c(c(C)c(OC(C)=O)c54)OCO6)N3C(C#N)[C@@H](C2)N1C. The van der Waals surface area contributed by atoms with Gasteiger partial charge in [-0.15, -0.1) is 11.8 Å². The normalized spacial score (nSPS) is 28.7. The Morgan fingerprint density at radius 2 is 1.89 bits per heavy atom. The Kier molecular flexibility index (Phi) is 6.73. The molecule has 2 unspecified atom stereocenters. The molecule has 7 rings (SSSR count). The first-order valence-electron chi connectivity index (χ1n) is 14.3. The molecule has 2 aromatic rings. The van der Waals surface area contributed by atoms with Crippen molar-refractivity contribution in [2.75, 3.05) is 33.3 Å². The zero-order valence-electron chi connectivity index (χ0n) is 24.8. The Morgan fingerprint density at radius 3 is 2.59 bits per heavy atom. The number of nitrogens with zero attached hydrogens (tertiary/aromatic N) is 3. The predicted molar refractivity (Wildman–Crippen MR) is 155 cm³/mol. The third-order valence-corrected chi connectivity index (χ3v) is 10.8. The Morgan fingerprint density at radius 1 is 1.14 bits per heavy atom. The van der Waals surface area contributed by atoms with Crippen molar-refractivity contribution in [2.45, 2.75) is 62.7 Å². The van der Waals surface area contributed by atoms with Crippen LogP contribution in [0.3, 0.4) is 0 Å². The summed E-state index contributed by atoms with van der Waals surface area (Å²) in [5.74, 6) is -0.855. The summed E-state index contributed by atoms with van der Waals surface area (Å²) in [7, 11) is 3.45. The van der Waals surface area contributed by atoms with Crippen LogP contribution in [0.25, 0.3) is 0 Å². The van der Waals surface area contributed by atoms with Gasteiger partial charge in [-0.3, -0.25) is 19.4 Å². The predicted octanol–water partition coefficient (Wildman–Crippen LogP) is 2.80. The van der Waals surface area contributed by atoms with E-state index in [1.54, 1.807) is 6.92 Å². The molecule has 5 heterocycles. The molecule has 2 saturated heterocycles. The van der Waals surface area contributed by atoms with Gasteiger partial charge in [0.05, 0.1) is 36.3 Å². The minimum atomic E-state index is -0.949. The van der Waals surface area contributed by atoms with Crippen LogP contribution in [0.15, 0.2) is 6.07 Å². The number of fused-ring (bicyclic) bond motifs is 9. The molecule has 0 aliphatic carbocycles. The number of phenols is 1. The number of rotatable bonds is 2. The summed E-state index contributed by atoms with van der Waals surface area (Å²) in [6, 6.07) is 1.81. The van der Waals surface area contributed by atoms with E-state index in [0.717, 1.165) is 11.1 Å². The van der Waals surface area contributed by atoms with E-state index in [-0.39, 0.29) is 30.9 Å². The fraction of sp³-hybridized carbons (Fsp3) is 0.484. The molecule has 5 aliphatic heterocycles. The number of thioether (sulfide) groups is 1. The number of cyclic esters (lactones) is 1. The molecule has 1 N–H and O–H groups in total. The fourth-order valence-corrected chi connectivity index (χ4v) is 9.23. The van der Waals surface area contributed by atoms with Gasteiger partial charge >= 0.3 is 11.9 Å². The highest BCUT2D eigenvalue weighted by atomic mass is 32.2. The van der Waals surface area contributed by atoms with Gasteiger partial charge in [0.15, 0.2) is 23.0 Å². The number of piperazine rings is 1. The molecule has 0 spiro atoms. The number of benzene rings is 2. The van der Waals surface area contributed by atoms with Crippen LogP contribution >= 0.6 is 11.8 Å². The molecule has 44 heavy (non-hydrogen) atoms. The molecule has 12 nitrogen and oxygen atoms in total. The molecule has 2 fully saturated rings. The van der Waals surface area contributed by atoms with Crippen molar-refractivity contribution in [2.24, 2.45) is 0 Å². The number of ether oxygens (including phenoxy) is 5.